The van der Waals surface area contributed by atoms with Gasteiger partial charge in [-0.25, -0.2) is 0 Å². The van der Waals surface area contributed by atoms with Crippen molar-refractivity contribution in [2.75, 3.05) is 13.1 Å². The molecular formula is C32H44N2O2. The summed E-state index contributed by atoms with van der Waals surface area (Å²) in [5.41, 5.74) is 4.69. The molecule has 2 aromatic rings. The Morgan fingerprint density at radius 1 is 0.583 bits per heavy atom. The summed E-state index contributed by atoms with van der Waals surface area (Å²) in [7, 11) is 0. The minimum absolute atomic E-state index is 0.0414. The molecule has 0 aliphatic carbocycles. The first kappa shape index (κ1) is 29.1. The lowest BCUT2D eigenvalue weighted by Crippen LogP contribution is -2.22. The lowest BCUT2D eigenvalue weighted by Gasteiger charge is -2.05. The second-order valence-electron chi connectivity index (χ2n) is 10.0. The van der Waals surface area contributed by atoms with Gasteiger partial charge in [0.25, 0.3) is 0 Å². The van der Waals surface area contributed by atoms with E-state index >= 15 is 0 Å². The number of rotatable bonds is 15. The highest BCUT2D eigenvalue weighted by atomic mass is 16.2. The molecule has 4 heteroatoms. The van der Waals surface area contributed by atoms with Crippen LogP contribution in [0.3, 0.4) is 0 Å². The number of benzene rings is 2. The molecule has 0 heterocycles. The van der Waals surface area contributed by atoms with Crippen molar-refractivity contribution in [1.82, 2.24) is 10.6 Å². The molecule has 2 N–H and O–H groups in total. The maximum Gasteiger partial charge on any atom is 0.243 e. The molecule has 0 bridgehead atoms. The van der Waals surface area contributed by atoms with E-state index in [2.05, 4.69) is 62.6 Å². The summed E-state index contributed by atoms with van der Waals surface area (Å²) in [5, 5.41) is 5.92. The number of unbranched alkanes of at least 4 members (excludes halogenated alkanes) is 5. The van der Waals surface area contributed by atoms with Crippen molar-refractivity contribution in [3.63, 3.8) is 0 Å². The largest absolute Gasteiger partial charge is 0.353 e. The number of hydrogen-bond donors (Lipinski definition) is 2. The van der Waals surface area contributed by atoms with E-state index in [-0.39, 0.29) is 11.8 Å². The van der Waals surface area contributed by atoms with Crippen LogP contribution in [0.4, 0.5) is 0 Å². The quantitative estimate of drug-likeness (QED) is 0.205. The Balaban J connectivity index is 1.46. The summed E-state index contributed by atoms with van der Waals surface area (Å²) in [5.74, 6) is 0.942. The summed E-state index contributed by atoms with van der Waals surface area (Å²) >= 11 is 0. The summed E-state index contributed by atoms with van der Waals surface area (Å²) < 4.78 is 0. The van der Waals surface area contributed by atoms with Gasteiger partial charge in [-0.05, 0) is 59.1 Å². The van der Waals surface area contributed by atoms with Crippen LogP contribution in [0.5, 0.6) is 0 Å². The molecule has 0 aliphatic rings. The number of carbonyl (C=O) groups is 2. The van der Waals surface area contributed by atoms with Crippen LogP contribution in [-0.4, -0.2) is 24.9 Å². The van der Waals surface area contributed by atoms with Gasteiger partial charge in [0.2, 0.25) is 11.8 Å². The van der Waals surface area contributed by atoms with E-state index in [0.29, 0.717) is 24.9 Å². The van der Waals surface area contributed by atoms with E-state index in [1.165, 1.54) is 11.1 Å². The summed E-state index contributed by atoms with van der Waals surface area (Å²) in [4.78, 5) is 24.0. The molecule has 194 valence electrons. The molecular weight excluding hydrogens is 444 g/mol. The van der Waals surface area contributed by atoms with E-state index in [4.69, 9.17) is 0 Å². The highest BCUT2D eigenvalue weighted by molar-refractivity contribution is 5.92. The molecule has 0 saturated carbocycles. The average molecular weight is 489 g/mol. The lowest BCUT2D eigenvalue weighted by atomic mass is 10.0. The minimum atomic E-state index is -0.0414. The Labute approximate surface area is 218 Å². The summed E-state index contributed by atoms with van der Waals surface area (Å²) in [6, 6.07) is 16.6. The normalized spacial score (nSPS) is 11.6. The Morgan fingerprint density at radius 3 is 1.25 bits per heavy atom. The summed E-state index contributed by atoms with van der Waals surface area (Å²) in [6.07, 6.45) is 13.4. The molecule has 0 spiro atoms. The summed E-state index contributed by atoms with van der Waals surface area (Å²) in [6.45, 7) is 10.1. The van der Waals surface area contributed by atoms with Gasteiger partial charge in [-0.2, -0.15) is 0 Å². The lowest BCUT2D eigenvalue weighted by molar-refractivity contribution is -0.117. The molecule has 2 amide bonds. The molecule has 0 radical (unpaired) electrons. The molecule has 0 aromatic heterocycles. The fraction of sp³-hybridized carbons (Fsp3) is 0.438. The van der Waals surface area contributed by atoms with E-state index in [9.17, 15) is 9.59 Å². The van der Waals surface area contributed by atoms with Gasteiger partial charge in [0, 0.05) is 25.2 Å². The molecule has 0 unspecified atom stereocenters. The van der Waals surface area contributed by atoms with Gasteiger partial charge in [-0.3, -0.25) is 9.59 Å². The SMILES string of the molecule is CC(C)c1ccc(/C=C/C(=O)NCCCCCCCCNC(=O)/C=C/c2ccc(C(C)C)cc2)cc1. The minimum Gasteiger partial charge on any atom is -0.353 e. The van der Waals surface area contributed by atoms with Crippen LogP contribution in [-0.2, 0) is 9.59 Å². The fourth-order valence-corrected chi connectivity index (χ4v) is 3.83. The smallest absolute Gasteiger partial charge is 0.243 e. The van der Waals surface area contributed by atoms with E-state index in [1.54, 1.807) is 12.2 Å². The first-order valence-corrected chi connectivity index (χ1v) is 13.5. The van der Waals surface area contributed by atoms with E-state index in [0.717, 1.165) is 49.7 Å². The second-order valence-corrected chi connectivity index (χ2v) is 10.0. The molecule has 0 saturated heterocycles. The standard InChI is InChI=1S/C32H44N2O2/c1-25(2)29-17-11-27(12-18-29)15-21-31(35)33-23-9-7-5-6-8-10-24-34-32(36)22-16-28-13-19-30(20-14-28)26(3)4/h11-22,25-26H,5-10,23-24H2,1-4H3,(H,33,35)(H,34,36)/b21-15+,22-16+. The Bertz CT molecular complexity index is 889. The molecule has 0 fully saturated rings. The average Bonchev–Trinajstić information content (AvgIpc) is 2.87. The van der Waals surface area contributed by atoms with Crippen molar-refractivity contribution in [1.29, 1.82) is 0 Å². The third-order valence-corrected chi connectivity index (χ3v) is 6.26. The Hall–Kier alpha value is -3.14. The van der Waals surface area contributed by atoms with Crippen molar-refractivity contribution in [3.05, 3.63) is 82.9 Å². The number of hydrogen-bond acceptors (Lipinski definition) is 2. The van der Waals surface area contributed by atoms with Crippen molar-refractivity contribution in [3.8, 4) is 0 Å². The van der Waals surface area contributed by atoms with Gasteiger partial charge in [-0.1, -0.05) is 102 Å². The van der Waals surface area contributed by atoms with Gasteiger partial charge < -0.3 is 10.6 Å². The van der Waals surface area contributed by atoms with Crippen molar-refractivity contribution >= 4 is 24.0 Å². The van der Waals surface area contributed by atoms with Crippen LogP contribution < -0.4 is 10.6 Å². The second kappa shape index (κ2) is 16.5. The fourth-order valence-electron chi connectivity index (χ4n) is 3.83. The van der Waals surface area contributed by atoms with E-state index in [1.807, 2.05) is 36.4 Å². The van der Waals surface area contributed by atoms with Crippen LogP contribution in [0.25, 0.3) is 12.2 Å². The van der Waals surface area contributed by atoms with Crippen LogP contribution >= 0.6 is 0 Å². The topological polar surface area (TPSA) is 58.2 Å². The van der Waals surface area contributed by atoms with Gasteiger partial charge in [-0.15, -0.1) is 0 Å². The zero-order chi connectivity index (χ0) is 26.2. The molecule has 0 atom stereocenters. The van der Waals surface area contributed by atoms with Gasteiger partial charge in [0.1, 0.15) is 0 Å². The zero-order valence-electron chi connectivity index (χ0n) is 22.6. The predicted octanol–water partition coefficient (Wildman–Crippen LogP) is 7.23. The van der Waals surface area contributed by atoms with Gasteiger partial charge >= 0.3 is 0 Å². The monoisotopic (exact) mass is 488 g/mol. The zero-order valence-corrected chi connectivity index (χ0v) is 22.6. The third kappa shape index (κ3) is 12.0. The van der Waals surface area contributed by atoms with Crippen LogP contribution in [0.1, 0.15) is 100 Å². The van der Waals surface area contributed by atoms with Crippen molar-refractivity contribution in [2.45, 2.75) is 78.1 Å². The van der Waals surface area contributed by atoms with E-state index < -0.39 is 0 Å². The molecule has 36 heavy (non-hydrogen) atoms. The number of nitrogens with one attached hydrogen (secondary N) is 2. The first-order chi connectivity index (χ1) is 17.3. The maximum absolute atomic E-state index is 12.0. The maximum atomic E-state index is 12.0. The Morgan fingerprint density at radius 2 is 0.917 bits per heavy atom. The van der Waals surface area contributed by atoms with Crippen molar-refractivity contribution in [2.24, 2.45) is 0 Å². The molecule has 0 aliphatic heterocycles. The van der Waals surface area contributed by atoms with Crippen LogP contribution in [0, 0.1) is 0 Å². The number of carbonyl (C=O) groups excluding carboxylic acids is 2. The van der Waals surface area contributed by atoms with Crippen molar-refractivity contribution < 1.29 is 9.59 Å². The van der Waals surface area contributed by atoms with Gasteiger partial charge in [0.05, 0.1) is 0 Å². The molecule has 4 nitrogen and oxygen atoms in total. The molecule has 2 rings (SSSR count). The Kier molecular flexibility index (Phi) is 13.3. The van der Waals surface area contributed by atoms with Crippen LogP contribution in [0.15, 0.2) is 60.7 Å². The van der Waals surface area contributed by atoms with Crippen LogP contribution in [0.2, 0.25) is 0 Å². The highest BCUT2D eigenvalue weighted by Gasteiger charge is 2.00. The predicted molar refractivity (Wildman–Crippen MR) is 153 cm³/mol. The molecule has 2 aromatic carbocycles. The highest BCUT2D eigenvalue weighted by Crippen LogP contribution is 2.16. The van der Waals surface area contributed by atoms with Gasteiger partial charge in [0.15, 0.2) is 0 Å². The number of amides is 2. The third-order valence-electron chi connectivity index (χ3n) is 6.26. The first-order valence-electron chi connectivity index (χ1n) is 13.5.